The van der Waals surface area contributed by atoms with E-state index in [4.69, 9.17) is 9.84 Å². The number of nitrogens with one attached hydrogen (secondary N) is 1. The highest BCUT2D eigenvalue weighted by Crippen LogP contribution is 2.17. The summed E-state index contributed by atoms with van der Waals surface area (Å²) in [7, 11) is 0. The first-order valence-corrected chi connectivity index (χ1v) is 6.99. The highest BCUT2D eigenvalue weighted by atomic mass is 16.5. The Morgan fingerprint density at radius 3 is 2.76 bits per heavy atom. The van der Waals surface area contributed by atoms with Crippen molar-refractivity contribution in [2.45, 2.75) is 31.9 Å². The number of nitrogens with zero attached hydrogens (tertiary/aromatic N) is 2. The molecular formula is C13H21N3O5. The monoisotopic (exact) mass is 299 g/mol. The highest BCUT2D eigenvalue weighted by molar-refractivity contribution is 6.06. The fourth-order valence-corrected chi connectivity index (χ4v) is 2.44. The third-order valence-corrected chi connectivity index (χ3v) is 3.69. The summed E-state index contributed by atoms with van der Waals surface area (Å²) in [5.74, 6) is -0.474. The number of imide groups is 1. The van der Waals surface area contributed by atoms with Gasteiger partial charge in [0.1, 0.15) is 5.54 Å². The van der Waals surface area contributed by atoms with Crippen LogP contribution in [-0.4, -0.2) is 77.2 Å². The van der Waals surface area contributed by atoms with E-state index in [0.717, 1.165) is 4.90 Å². The molecule has 8 nitrogen and oxygen atoms in total. The van der Waals surface area contributed by atoms with Gasteiger partial charge in [-0.15, -0.1) is 0 Å². The van der Waals surface area contributed by atoms with E-state index in [-0.39, 0.29) is 37.5 Å². The van der Waals surface area contributed by atoms with Gasteiger partial charge in [-0.1, -0.05) is 0 Å². The SMILES string of the molecule is CC1(C)NC(=O)N(CCC(=O)N2CCOC(CO)C2)C1=O. The van der Waals surface area contributed by atoms with Gasteiger partial charge in [-0.2, -0.15) is 0 Å². The zero-order chi connectivity index (χ0) is 15.6. The van der Waals surface area contributed by atoms with Crippen LogP contribution in [0, 0.1) is 0 Å². The second kappa shape index (κ2) is 5.98. The molecule has 2 N–H and O–H groups in total. The number of morpholine rings is 1. The Morgan fingerprint density at radius 1 is 1.48 bits per heavy atom. The van der Waals surface area contributed by atoms with Crippen LogP contribution in [0.3, 0.4) is 0 Å². The number of hydrogen-bond acceptors (Lipinski definition) is 5. The highest BCUT2D eigenvalue weighted by Gasteiger charge is 2.44. The maximum absolute atomic E-state index is 12.1. The third kappa shape index (κ3) is 3.33. The first-order valence-electron chi connectivity index (χ1n) is 6.99. The van der Waals surface area contributed by atoms with Gasteiger partial charge >= 0.3 is 6.03 Å². The predicted octanol–water partition coefficient (Wildman–Crippen LogP) is -1.07. The van der Waals surface area contributed by atoms with E-state index < -0.39 is 11.6 Å². The van der Waals surface area contributed by atoms with E-state index in [0.29, 0.717) is 19.7 Å². The smallest absolute Gasteiger partial charge is 0.325 e. The van der Waals surface area contributed by atoms with Crippen molar-refractivity contribution >= 4 is 17.8 Å². The van der Waals surface area contributed by atoms with Gasteiger partial charge in [0.25, 0.3) is 5.91 Å². The van der Waals surface area contributed by atoms with E-state index in [1.165, 1.54) is 0 Å². The van der Waals surface area contributed by atoms with E-state index in [1.807, 2.05) is 0 Å². The molecule has 118 valence electrons. The van der Waals surface area contributed by atoms with Crippen LogP contribution in [0.4, 0.5) is 4.79 Å². The minimum atomic E-state index is -0.916. The van der Waals surface area contributed by atoms with E-state index in [2.05, 4.69) is 5.32 Å². The molecule has 2 fully saturated rings. The maximum Gasteiger partial charge on any atom is 0.325 e. The molecule has 2 heterocycles. The number of urea groups is 1. The molecule has 0 aromatic rings. The molecule has 1 unspecified atom stereocenters. The zero-order valence-electron chi connectivity index (χ0n) is 12.3. The summed E-state index contributed by atoms with van der Waals surface area (Å²) in [6, 6.07) is -0.465. The first-order chi connectivity index (χ1) is 9.85. The topological polar surface area (TPSA) is 99.2 Å². The van der Waals surface area contributed by atoms with E-state index in [9.17, 15) is 14.4 Å². The van der Waals surface area contributed by atoms with Crippen LogP contribution in [0.15, 0.2) is 0 Å². The van der Waals surface area contributed by atoms with E-state index >= 15 is 0 Å². The van der Waals surface area contributed by atoms with Crippen molar-refractivity contribution in [2.75, 3.05) is 32.8 Å². The third-order valence-electron chi connectivity index (χ3n) is 3.69. The number of carbonyl (C=O) groups is 3. The van der Waals surface area contributed by atoms with Crippen LogP contribution in [-0.2, 0) is 14.3 Å². The van der Waals surface area contributed by atoms with Crippen LogP contribution in [0.2, 0.25) is 0 Å². The van der Waals surface area contributed by atoms with Crippen LogP contribution in [0.1, 0.15) is 20.3 Å². The summed E-state index contributed by atoms with van der Waals surface area (Å²) < 4.78 is 5.27. The molecule has 0 aromatic heterocycles. The minimum Gasteiger partial charge on any atom is -0.394 e. The molecule has 0 bridgehead atoms. The quantitative estimate of drug-likeness (QED) is 0.644. The standard InChI is InChI=1S/C13H21N3O5/c1-13(2)11(19)16(12(20)14-13)4-3-10(18)15-5-6-21-9(7-15)8-17/h9,17H,3-8H2,1-2H3,(H,14,20). The largest absolute Gasteiger partial charge is 0.394 e. The first kappa shape index (κ1) is 15.7. The number of aliphatic hydroxyl groups is 1. The van der Waals surface area contributed by atoms with Gasteiger partial charge in [0.05, 0.1) is 19.3 Å². The summed E-state index contributed by atoms with van der Waals surface area (Å²) in [5, 5.41) is 11.6. The van der Waals surface area contributed by atoms with Crippen molar-refractivity contribution < 1.29 is 24.2 Å². The second-order valence-corrected chi connectivity index (χ2v) is 5.78. The molecule has 4 amide bonds. The van der Waals surface area contributed by atoms with Crippen LogP contribution < -0.4 is 5.32 Å². The molecule has 0 aliphatic carbocycles. The average Bonchev–Trinajstić information content (AvgIpc) is 2.65. The summed E-state index contributed by atoms with van der Waals surface area (Å²) in [4.78, 5) is 38.5. The van der Waals surface area contributed by atoms with Crippen molar-refractivity contribution in [3.8, 4) is 0 Å². The van der Waals surface area contributed by atoms with Crippen molar-refractivity contribution in [3.63, 3.8) is 0 Å². The molecule has 1 atom stereocenters. The molecule has 21 heavy (non-hydrogen) atoms. The minimum absolute atomic E-state index is 0.0636. The van der Waals surface area contributed by atoms with Crippen LogP contribution >= 0.6 is 0 Å². The lowest BCUT2D eigenvalue weighted by molar-refractivity contribution is -0.140. The predicted molar refractivity (Wildman–Crippen MR) is 72.3 cm³/mol. The number of hydrogen-bond donors (Lipinski definition) is 2. The lowest BCUT2D eigenvalue weighted by atomic mass is 10.1. The van der Waals surface area contributed by atoms with Crippen LogP contribution in [0.25, 0.3) is 0 Å². The summed E-state index contributed by atoms with van der Waals surface area (Å²) in [6.45, 7) is 4.36. The van der Waals surface area contributed by atoms with Crippen molar-refractivity contribution in [2.24, 2.45) is 0 Å². The average molecular weight is 299 g/mol. The van der Waals surface area contributed by atoms with Gasteiger partial charge in [-0.25, -0.2) is 4.79 Å². The molecule has 0 radical (unpaired) electrons. The summed E-state index contributed by atoms with van der Waals surface area (Å²) in [5.41, 5.74) is -0.916. The molecule has 2 saturated heterocycles. The second-order valence-electron chi connectivity index (χ2n) is 5.78. The molecule has 0 spiro atoms. The Bertz CT molecular complexity index is 451. The zero-order valence-corrected chi connectivity index (χ0v) is 12.3. The molecule has 2 aliphatic heterocycles. The molecule has 8 heteroatoms. The Kier molecular flexibility index (Phi) is 4.48. The fraction of sp³-hybridized carbons (Fsp3) is 0.769. The van der Waals surface area contributed by atoms with Gasteiger partial charge in [-0.3, -0.25) is 14.5 Å². The summed E-state index contributed by atoms with van der Waals surface area (Å²) >= 11 is 0. The number of amides is 4. The van der Waals surface area contributed by atoms with Gasteiger partial charge < -0.3 is 20.1 Å². The van der Waals surface area contributed by atoms with Gasteiger partial charge in [-0.05, 0) is 13.8 Å². The lowest BCUT2D eigenvalue weighted by Crippen LogP contribution is -2.48. The van der Waals surface area contributed by atoms with Crippen molar-refractivity contribution in [1.82, 2.24) is 15.1 Å². The molecule has 2 aliphatic rings. The number of ether oxygens (including phenoxy) is 1. The van der Waals surface area contributed by atoms with Gasteiger partial charge in [0.15, 0.2) is 0 Å². The van der Waals surface area contributed by atoms with Crippen LogP contribution in [0.5, 0.6) is 0 Å². The summed E-state index contributed by atoms with van der Waals surface area (Å²) in [6.07, 6.45) is -0.286. The maximum atomic E-state index is 12.1. The number of carbonyl (C=O) groups excluding carboxylic acids is 3. The van der Waals surface area contributed by atoms with Gasteiger partial charge in [0, 0.05) is 26.1 Å². The fourth-order valence-electron chi connectivity index (χ4n) is 2.44. The van der Waals surface area contributed by atoms with Crippen molar-refractivity contribution in [3.05, 3.63) is 0 Å². The van der Waals surface area contributed by atoms with Gasteiger partial charge in [0.2, 0.25) is 5.91 Å². The molecule has 0 aromatic carbocycles. The Labute approximate surface area is 123 Å². The van der Waals surface area contributed by atoms with Crippen molar-refractivity contribution in [1.29, 1.82) is 0 Å². The Balaban J connectivity index is 1.87. The van der Waals surface area contributed by atoms with E-state index in [1.54, 1.807) is 18.7 Å². The number of rotatable bonds is 4. The number of aliphatic hydroxyl groups excluding tert-OH is 1. The molecular weight excluding hydrogens is 278 g/mol. The molecule has 2 rings (SSSR count). The molecule has 0 saturated carbocycles. The normalized spacial score (nSPS) is 25.2. The Morgan fingerprint density at radius 2 is 2.19 bits per heavy atom. The Hall–Kier alpha value is -1.67. The lowest BCUT2D eigenvalue weighted by Gasteiger charge is -2.32.